The minimum Gasteiger partial charge on any atom is -0.312 e. The first-order chi connectivity index (χ1) is 36.5. The predicted octanol–water partition coefficient (Wildman–Crippen LogP) is -15.6. The van der Waals surface area contributed by atoms with Crippen molar-refractivity contribution >= 4 is 336 Å². The smallest absolute Gasteiger partial charge is 0.117 e. The second kappa shape index (κ2) is 18.3. The zero-order valence-corrected chi connectivity index (χ0v) is 42.6. The molecule has 0 amide bonds. The van der Waals surface area contributed by atoms with Gasteiger partial charge in [0.1, 0.15) is 188 Å². The third-order valence-electron chi connectivity index (χ3n) is 16.6. The molecule has 0 atom stereocenters. The normalized spacial score (nSPS) is 13.9. The molecular weight excluding hydrogens is 910 g/mol. The van der Waals surface area contributed by atoms with Gasteiger partial charge in [-0.3, -0.25) is 0 Å². The Morgan fingerprint density at radius 3 is 1.32 bits per heavy atom. The predicted molar refractivity (Wildman–Crippen MR) is 354 cm³/mol. The number of anilines is 3. The maximum absolute atomic E-state index is 7.66. The van der Waals surface area contributed by atoms with Crippen LogP contribution in [0.3, 0.4) is 0 Å². The summed E-state index contributed by atoms with van der Waals surface area (Å²) >= 11 is 0. The van der Waals surface area contributed by atoms with Crippen molar-refractivity contribution in [1.82, 2.24) is 0 Å². The molecule has 1 nitrogen and oxygen atoms in total. The number of fused-ring (bicyclic) bond motifs is 9. The lowest BCUT2D eigenvalue weighted by Gasteiger charge is -2.44. The molecule has 78 heavy (non-hydrogen) atoms. The van der Waals surface area contributed by atoms with Gasteiger partial charge in [-0.05, 0) is 90.9 Å². The van der Waals surface area contributed by atoms with Crippen LogP contribution in [0.2, 0.25) is 0 Å². The van der Waals surface area contributed by atoms with Crippen LogP contribution in [-0.4, -0.2) is 188 Å². The van der Waals surface area contributed by atoms with Gasteiger partial charge in [0.25, 0.3) is 0 Å². The van der Waals surface area contributed by atoms with Gasteiger partial charge in [-0.1, -0.05) is 104 Å². The number of rotatable bonds is 5. The first-order valence-electron chi connectivity index (χ1n) is 24.1. The molecule has 8 aromatic rings. The average molecular weight is 925 g/mol. The minimum absolute atomic E-state index is 0.0116. The van der Waals surface area contributed by atoms with E-state index < -0.39 is 10.8 Å². The number of nitrogens with zero attached hydrogens (tertiary/aromatic N) is 1. The fourth-order valence-electron chi connectivity index (χ4n) is 12.7. The molecule has 0 heterocycles. The van der Waals surface area contributed by atoms with Crippen molar-refractivity contribution in [2.24, 2.45) is 0 Å². The largest absolute Gasteiger partial charge is 0.312 e. The zero-order valence-electron chi connectivity index (χ0n) is 42.6. The maximum atomic E-state index is 7.66. The molecule has 0 bridgehead atoms. The van der Waals surface area contributed by atoms with E-state index in [-0.39, 0.29) is 155 Å². The molecule has 0 aliphatic heterocycles. The number of hydrogen-bond acceptors (Lipinski definition) is 1. The topological polar surface area (TPSA) is 3.24 Å². The standard InChI is InChI=1S/C53H15B24N/c1-52(2)15-7-19(56)18(55)6-13(15)26-20(57)9-24(36(63)29(26)52)78(23-10-21(58)34(61)14-5-12-11(25(14)23)3-4-17(54)33(12)60)51-22(59)8-16(35(62)50(51)77)53(32-41(68)47(74)49(76)48(75)42(32)69)30-27(37(64)43(70)45(72)39(30)66)28-31(53)40(67)46(73)44(71)38(28)65/h3-4,6-10H,5H2,1-2H3. The Balaban J connectivity index is 1.34. The summed E-state index contributed by atoms with van der Waals surface area (Å²) in [7, 11) is 167. The van der Waals surface area contributed by atoms with E-state index >= 15 is 0 Å². The average Bonchev–Trinajstić information content (AvgIpc) is 3.38. The van der Waals surface area contributed by atoms with E-state index in [4.69, 9.17) is 188 Å². The van der Waals surface area contributed by atoms with E-state index in [0.717, 1.165) is 11.1 Å². The SMILES string of the molecule is [B]c1cc2c(cc1[B])C(C)(C)c1c([B])c(N(c3cc([B])c([B])c4c3-c3ccc([B])c([B])c3C4)c3c([B])cc(C4(c5c([B])c([B])c([B])c([B])c5[B])c5c([B])c([B])c([B])c([B])c5-c5c([B])c([B])c([B])c([B])c54)c([B])c3[B])cc([B])c1-2. The van der Waals surface area contributed by atoms with Crippen LogP contribution >= 0.6 is 0 Å². The van der Waals surface area contributed by atoms with E-state index in [1.165, 1.54) is 6.07 Å². The van der Waals surface area contributed by atoms with Crippen molar-refractivity contribution < 1.29 is 0 Å². The number of hydrogen-bond donors (Lipinski definition) is 0. The molecule has 0 N–H and O–H groups in total. The van der Waals surface area contributed by atoms with E-state index in [0.29, 0.717) is 66.4 Å². The fourth-order valence-corrected chi connectivity index (χ4v) is 12.7. The van der Waals surface area contributed by atoms with Crippen LogP contribution in [0.5, 0.6) is 0 Å². The molecular formula is C53H15B24N. The highest BCUT2D eigenvalue weighted by atomic mass is 15.2. The molecule has 0 aromatic heterocycles. The first-order valence-corrected chi connectivity index (χ1v) is 24.1. The highest BCUT2D eigenvalue weighted by molar-refractivity contribution is 6.70. The Hall–Kier alpha value is -4.88. The van der Waals surface area contributed by atoms with Crippen LogP contribution < -0.4 is 136 Å². The van der Waals surface area contributed by atoms with E-state index in [1.807, 2.05) is 26.0 Å². The quantitative estimate of drug-likeness (QED) is 0.156. The van der Waals surface area contributed by atoms with E-state index in [2.05, 4.69) is 0 Å². The molecule has 25 heteroatoms. The highest BCUT2D eigenvalue weighted by Gasteiger charge is 2.52. The van der Waals surface area contributed by atoms with Gasteiger partial charge in [-0.15, -0.1) is 71.0 Å². The summed E-state index contributed by atoms with van der Waals surface area (Å²) in [5.74, 6) is 0. The maximum Gasteiger partial charge on any atom is 0.117 e. The van der Waals surface area contributed by atoms with Gasteiger partial charge in [0.15, 0.2) is 0 Å². The van der Waals surface area contributed by atoms with Crippen LogP contribution in [0.15, 0.2) is 42.5 Å². The molecule has 0 saturated carbocycles. The van der Waals surface area contributed by atoms with Crippen molar-refractivity contribution in [2.45, 2.75) is 31.1 Å². The molecule has 0 fully saturated rings. The fraction of sp³-hybridized carbons (Fsp3) is 0.0943. The number of benzene rings is 8. The van der Waals surface area contributed by atoms with Gasteiger partial charge >= 0.3 is 0 Å². The molecule has 48 radical (unpaired) electrons. The Labute approximate surface area is 489 Å². The van der Waals surface area contributed by atoms with Gasteiger partial charge in [0, 0.05) is 22.4 Å². The lowest BCUT2D eigenvalue weighted by molar-refractivity contribution is 0.665. The second-order valence-corrected chi connectivity index (χ2v) is 20.9. The van der Waals surface area contributed by atoms with Crippen LogP contribution in [-0.2, 0) is 17.3 Å². The lowest BCUT2D eigenvalue weighted by atomic mass is 9.49. The third kappa shape index (κ3) is 6.96. The lowest BCUT2D eigenvalue weighted by Crippen LogP contribution is -2.62. The summed E-state index contributed by atoms with van der Waals surface area (Å²) in [5, 5.41) is 0. The van der Waals surface area contributed by atoms with Crippen LogP contribution in [0, 0.1) is 0 Å². The van der Waals surface area contributed by atoms with Gasteiger partial charge in [-0.25, -0.2) is 0 Å². The van der Waals surface area contributed by atoms with Crippen molar-refractivity contribution in [3.05, 3.63) is 87.0 Å². The summed E-state index contributed by atoms with van der Waals surface area (Å²) < 4.78 is 0. The Kier molecular flexibility index (Phi) is 12.9. The summed E-state index contributed by atoms with van der Waals surface area (Å²) in [5.41, 5.74) is 3.46. The minimum atomic E-state index is -2.16. The van der Waals surface area contributed by atoms with Crippen LogP contribution in [0.1, 0.15) is 58.4 Å². The summed E-state index contributed by atoms with van der Waals surface area (Å²) in [6, 6.07) is 12.0. The molecule has 3 aliphatic rings. The van der Waals surface area contributed by atoms with E-state index in [9.17, 15) is 0 Å². The molecule has 11 rings (SSSR count). The van der Waals surface area contributed by atoms with Crippen molar-refractivity contribution in [3.8, 4) is 33.4 Å². The summed E-state index contributed by atoms with van der Waals surface area (Å²) in [4.78, 5) is 1.72. The van der Waals surface area contributed by atoms with Crippen LogP contribution in [0.25, 0.3) is 33.4 Å². The molecule has 0 spiro atoms. The molecule has 0 unspecified atom stereocenters. The third-order valence-corrected chi connectivity index (χ3v) is 16.6. The second-order valence-electron chi connectivity index (χ2n) is 20.9. The van der Waals surface area contributed by atoms with Crippen molar-refractivity contribution in [2.75, 3.05) is 4.90 Å². The zero-order chi connectivity index (χ0) is 56.9. The summed E-state index contributed by atoms with van der Waals surface area (Å²) in [6.07, 6.45) is 0.243. The Morgan fingerprint density at radius 1 is 0.308 bits per heavy atom. The van der Waals surface area contributed by atoms with Gasteiger partial charge in [-0.2, -0.15) is 0 Å². The van der Waals surface area contributed by atoms with Crippen LogP contribution in [0.4, 0.5) is 17.1 Å². The molecule has 304 valence electrons. The monoisotopic (exact) mass is 929 g/mol. The van der Waals surface area contributed by atoms with Crippen molar-refractivity contribution in [1.29, 1.82) is 0 Å². The molecule has 3 aliphatic carbocycles. The van der Waals surface area contributed by atoms with Crippen molar-refractivity contribution in [3.63, 3.8) is 0 Å². The first kappa shape index (κ1) is 55.0. The van der Waals surface area contributed by atoms with Gasteiger partial charge < -0.3 is 4.90 Å². The molecule has 0 saturated heterocycles. The Morgan fingerprint density at radius 2 is 0.769 bits per heavy atom. The highest BCUT2D eigenvalue weighted by Crippen LogP contribution is 2.53. The van der Waals surface area contributed by atoms with E-state index in [1.54, 1.807) is 29.2 Å². The Bertz CT molecular complexity index is 4070. The van der Waals surface area contributed by atoms with Gasteiger partial charge in [0.05, 0.1) is 11.1 Å². The molecule has 8 aromatic carbocycles. The summed E-state index contributed by atoms with van der Waals surface area (Å²) in [6.45, 7) is 4.00. The van der Waals surface area contributed by atoms with Gasteiger partial charge in [0.2, 0.25) is 0 Å².